The van der Waals surface area contributed by atoms with Crippen molar-refractivity contribution in [3.8, 4) is 0 Å². The van der Waals surface area contributed by atoms with E-state index >= 15 is 0 Å². The molecular weight excluding hydrogens is 494 g/mol. The molecule has 2 amide bonds. The second kappa shape index (κ2) is 15.3. The number of ketones is 2. The molecule has 0 saturated heterocycles. The molecule has 1 aliphatic carbocycles. The van der Waals surface area contributed by atoms with E-state index in [0.717, 1.165) is 19.3 Å². The lowest BCUT2D eigenvalue weighted by Gasteiger charge is -2.36. The minimum absolute atomic E-state index is 0.0234. The molecule has 8 nitrogen and oxygen atoms in total. The number of hydrogen-bond acceptors (Lipinski definition) is 6. The van der Waals surface area contributed by atoms with Gasteiger partial charge in [0.2, 0.25) is 11.8 Å². The van der Waals surface area contributed by atoms with Crippen LogP contribution in [0.4, 0.5) is 0 Å². The second-order valence-corrected chi connectivity index (χ2v) is 13.1. The van der Waals surface area contributed by atoms with Crippen LogP contribution >= 0.6 is 0 Å². The van der Waals surface area contributed by atoms with Crippen LogP contribution in [0, 0.1) is 29.1 Å². The number of nitrogens with zero attached hydrogens (tertiary/aromatic N) is 1. The van der Waals surface area contributed by atoms with Gasteiger partial charge >= 0.3 is 0 Å². The van der Waals surface area contributed by atoms with Crippen molar-refractivity contribution in [2.24, 2.45) is 29.1 Å². The maximum atomic E-state index is 13.6. The van der Waals surface area contributed by atoms with E-state index in [2.05, 4.69) is 10.6 Å². The number of Topliss-reactive ketones (excluding diaryl/α,β-unsaturated/α-hetero) is 2. The van der Waals surface area contributed by atoms with Crippen molar-refractivity contribution in [2.45, 2.75) is 138 Å². The first-order valence-electron chi connectivity index (χ1n) is 15.1. The lowest BCUT2D eigenvalue weighted by molar-refractivity contribution is -0.138. The van der Waals surface area contributed by atoms with Crippen molar-refractivity contribution in [1.29, 1.82) is 0 Å². The number of aliphatic hydroxyl groups is 1. The Morgan fingerprint density at radius 2 is 1.41 bits per heavy atom. The molecule has 0 radical (unpaired) electrons. The Kier molecular flexibility index (Phi) is 13.8. The molecule has 39 heavy (non-hydrogen) atoms. The van der Waals surface area contributed by atoms with Crippen LogP contribution in [0.25, 0.3) is 0 Å². The van der Waals surface area contributed by atoms with Gasteiger partial charge in [-0.15, -0.1) is 0 Å². The number of rotatable bonds is 18. The summed E-state index contributed by atoms with van der Waals surface area (Å²) in [7, 11) is 1.92. The van der Waals surface area contributed by atoms with Gasteiger partial charge in [-0.3, -0.25) is 24.1 Å². The lowest BCUT2D eigenvalue weighted by Crippen LogP contribution is -2.56. The Balaban J connectivity index is 3.14. The van der Waals surface area contributed by atoms with E-state index in [4.69, 9.17) is 0 Å². The molecule has 1 aliphatic rings. The third kappa shape index (κ3) is 9.96. The summed E-state index contributed by atoms with van der Waals surface area (Å²) in [5.74, 6) is -1.83. The number of carbonyl (C=O) groups excluding carboxylic acids is 4. The summed E-state index contributed by atoms with van der Waals surface area (Å²) in [6.07, 6.45) is 2.31. The molecule has 226 valence electrons. The normalized spacial score (nSPS) is 20.1. The maximum Gasteiger partial charge on any atom is 0.238 e. The first-order chi connectivity index (χ1) is 18.0. The van der Waals surface area contributed by atoms with Gasteiger partial charge in [-0.05, 0) is 64.8 Å². The molecular formula is C31H57N3O5. The van der Waals surface area contributed by atoms with Crippen LogP contribution in [-0.2, 0) is 19.2 Å². The molecule has 0 spiro atoms. The van der Waals surface area contributed by atoms with Crippen LogP contribution in [0.15, 0.2) is 0 Å². The highest BCUT2D eigenvalue weighted by molar-refractivity contribution is 5.97. The summed E-state index contributed by atoms with van der Waals surface area (Å²) in [5.41, 5.74) is -0.399. The molecule has 7 atom stereocenters. The zero-order valence-corrected chi connectivity index (χ0v) is 26.5. The fourth-order valence-corrected chi connectivity index (χ4v) is 5.07. The van der Waals surface area contributed by atoms with Gasteiger partial charge in [-0.1, -0.05) is 61.3 Å². The Hall–Kier alpha value is -1.80. The van der Waals surface area contributed by atoms with E-state index in [0.29, 0.717) is 12.8 Å². The molecule has 0 aromatic heterocycles. The monoisotopic (exact) mass is 551 g/mol. The summed E-state index contributed by atoms with van der Waals surface area (Å²) in [6.45, 7) is 19.4. The van der Waals surface area contributed by atoms with E-state index in [1.165, 1.54) is 6.92 Å². The van der Waals surface area contributed by atoms with Crippen molar-refractivity contribution in [2.75, 3.05) is 7.05 Å². The highest BCUT2D eigenvalue weighted by Crippen LogP contribution is 2.47. The second-order valence-electron chi connectivity index (χ2n) is 13.1. The number of carbonyl (C=O) groups is 4. The standard InChI is InChI=1S/C31H57N3O5/c1-12-20(7)26(33-30(39)27(21(8)13-2)34(11)19(5)6)25(36)17-23(22(9)35)29(38)32-24(16-18(3)4)28(37)31(10)14-15-31/h18-24,26-27,35H,12-17H2,1-11H3,(H,32,38)(H,33,39)/t20-,21-,22+,23-,24-,26-,27-/m0/s1. The van der Waals surface area contributed by atoms with Crippen LogP contribution in [0.3, 0.4) is 0 Å². The summed E-state index contributed by atoms with van der Waals surface area (Å²) in [4.78, 5) is 55.7. The van der Waals surface area contributed by atoms with E-state index in [-0.39, 0.29) is 47.7 Å². The highest BCUT2D eigenvalue weighted by Gasteiger charge is 2.48. The SMILES string of the molecule is CC[C@H](C)[C@H](NC(=O)[C@H]([C@@H](C)CC)N(C)C(C)C)C(=O)C[C@H](C(=O)N[C@@H](CC(C)C)C(=O)C1(C)CC1)[C@@H](C)O. The predicted molar refractivity (Wildman–Crippen MR) is 156 cm³/mol. The molecule has 0 aliphatic heterocycles. The average Bonchev–Trinajstić information content (AvgIpc) is 3.61. The third-order valence-electron chi connectivity index (χ3n) is 8.84. The van der Waals surface area contributed by atoms with E-state index in [1.807, 2.05) is 74.3 Å². The molecule has 3 N–H and O–H groups in total. The first-order valence-corrected chi connectivity index (χ1v) is 15.1. The van der Waals surface area contributed by atoms with Gasteiger partial charge in [0.1, 0.15) is 0 Å². The number of hydrogen-bond donors (Lipinski definition) is 3. The Morgan fingerprint density at radius 1 is 0.872 bits per heavy atom. The van der Waals surface area contributed by atoms with Gasteiger partial charge in [0.25, 0.3) is 0 Å². The molecule has 0 unspecified atom stereocenters. The van der Waals surface area contributed by atoms with Crippen LogP contribution in [0.5, 0.6) is 0 Å². The molecule has 0 aromatic rings. The summed E-state index contributed by atoms with van der Waals surface area (Å²) in [5, 5.41) is 16.4. The molecule has 1 saturated carbocycles. The number of aliphatic hydroxyl groups excluding tert-OH is 1. The minimum Gasteiger partial charge on any atom is -0.393 e. The zero-order valence-electron chi connectivity index (χ0n) is 26.5. The van der Waals surface area contributed by atoms with E-state index in [1.54, 1.807) is 0 Å². The quantitative estimate of drug-likeness (QED) is 0.236. The van der Waals surface area contributed by atoms with Crippen molar-refractivity contribution in [3.63, 3.8) is 0 Å². The first kappa shape index (κ1) is 35.2. The molecule has 8 heteroatoms. The Labute approximate surface area is 237 Å². The van der Waals surface area contributed by atoms with Crippen LogP contribution < -0.4 is 10.6 Å². The molecule has 0 heterocycles. The van der Waals surface area contributed by atoms with Crippen molar-refractivity contribution in [3.05, 3.63) is 0 Å². The van der Waals surface area contributed by atoms with Gasteiger partial charge in [0.05, 0.1) is 30.1 Å². The lowest BCUT2D eigenvalue weighted by atomic mass is 9.86. The van der Waals surface area contributed by atoms with Crippen LogP contribution in [0.1, 0.15) is 108 Å². The zero-order chi connectivity index (χ0) is 30.2. The maximum absolute atomic E-state index is 13.6. The van der Waals surface area contributed by atoms with Crippen LogP contribution in [0.2, 0.25) is 0 Å². The number of nitrogens with one attached hydrogen (secondary N) is 2. The van der Waals surface area contributed by atoms with Gasteiger partial charge in [-0.2, -0.15) is 0 Å². The largest absolute Gasteiger partial charge is 0.393 e. The third-order valence-corrected chi connectivity index (χ3v) is 8.84. The molecule has 1 rings (SSSR count). The molecule has 0 bridgehead atoms. The number of amides is 2. The van der Waals surface area contributed by atoms with Crippen molar-refractivity contribution in [1.82, 2.24) is 15.5 Å². The Bertz CT molecular complexity index is 836. The van der Waals surface area contributed by atoms with Crippen molar-refractivity contribution < 1.29 is 24.3 Å². The topological polar surface area (TPSA) is 116 Å². The summed E-state index contributed by atoms with van der Waals surface area (Å²) >= 11 is 0. The van der Waals surface area contributed by atoms with E-state index < -0.39 is 41.5 Å². The smallest absolute Gasteiger partial charge is 0.238 e. The van der Waals surface area contributed by atoms with Gasteiger partial charge in [0.15, 0.2) is 11.6 Å². The average molecular weight is 552 g/mol. The van der Waals surface area contributed by atoms with Gasteiger partial charge < -0.3 is 15.7 Å². The number of likely N-dealkylation sites (N-methyl/N-ethyl adjacent to an activating group) is 1. The fraction of sp³-hybridized carbons (Fsp3) is 0.871. The Morgan fingerprint density at radius 3 is 1.82 bits per heavy atom. The molecule has 0 aromatic carbocycles. The van der Waals surface area contributed by atoms with Crippen molar-refractivity contribution >= 4 is 23.4 Å². The summed E-state index contributed by atoms with van der Waals surface area (Å²) < 4.78 is 0. The van der Waals surface area contributed by atoms with E-state index in [9.17, 15) is 24.3 Å². The summed E-state index contributed by atoms with van der Waals surface area (Å²) in [6, 6.07) is -1.66. The fourth-order valence-electron chi connectivity index (χ4n) is 5.07. The van der Waals surface area contributed by atoms with Gasteiger partial charge in [-0.25, -0.2) is 0 Å². The highest BCUT2D eigenvalue weighted by atomic mass is 16.3. The van der Waals surface area contributed by atoms with Gasteiger partial charge in [0, 0.05) is 17.9 Å². The minimum atomic E-state index is -1.09. The predicted octanol–water partition coefficient (Wildman–Crippen LogP) is 4.13. The van der Waals surface area contributed by atoms with Crippen LogP contribution in [-0.4, -0.2) is 70.7 Å². The molecule has 1 fully saturated rings.